The molecule has 0 aliphatic heterocycles. The number of aliphatic hydroxyl groups is 1. The van der Waals surface area contributed by atoms with E-state index in [9.17, 15) is 28.8 Å². The van der Waals surface area contributed by atoms with Gasteiger partial charge < -0.3 is 10.4 Å². The predicted octanol–water partition coefficient (Wildman–Crippen LogP) is 1.37. The van der Waals surface area contributed by atoms with E-state index in [1.807, 2.05) is 0 Å². The van der Waals surface area contributed by atoms with Crippen LogP contribution in [0, 0.1) is 21.7 Å². The normalized spacial score (nSPS) is 11.2. The van der Waals surface area contributed by atoms with Crippen molar-refractivity contribution in [2.45, 2.75) is 19.4 Å². The van der Waals surface area contributed by atoms with Crippen LogP contribution in [0.1, 0.15) is 24.2 Å². The van der Waals surface area contributed by atoms with Crippen LogP contribution in [-0.2, 0) is 0 Å². The zero-order chi connectivity index (χ0) is 14.8. The molecule has 0 saturated heterocycles. The van der Waals surface area contributed by atoms with Crippen molar-refractivity contribution in [3.8, 4) is 0 Å². The maximum Gasteiger partial charge on any atom is 0.285 e. The van der Waals surface area contributed by atoms with Crippen molar-refractivity contribution < 1.29 is 23.6 Å². The number of nitrogens with one attached hydrogen (secondary N) is 1. The highest BCUT2D eigenvalue weighted by Crippen LogP contribution is 2.22. The van der Waals surface area contributed by atoms with E-state index in [1.54, 1.807) is 0 Å². The van der Waals surface area contributed by atoms with Crippen LogP contribution in [0.15, 0.2) is 12.1 Å². The standard InChI is InChI=1S/C11H12F2N2O4/c1-11(2,17)5-14-10(16)6-3-7(12)8(13)4-9(6)15(18)19/h3-4,17H,5H2,1-2H3,(H,14,16). The molecular weight excluding hydrogens is 262 g/mol. The molecule has 0 radical (unpaired) electrons. The van der Waals surface area contributed by atoms with E-state index in [1.165, 1.54) is 13.8 Å². The third-order valence-electron chi connectivity index (χ3n) is 2.16. The molecule has 1 amide bonds. The number of carbonyl (C=O) groups excluding carboxylic acids is 1. The van der Waals surface area contributed by atoms with Crippen LogP contribution in [0.2, 0.25) is 0 Å². The van der Waals surface area contributed by atoms with Crippen molar-refractivity contribution in [1.29, 1.82) is 0 Å². The lowest BCUT2D eigenvalue weighted by molar-refractivity contribution is -0.385. The van der Waals surface area contributed by atoms with Crippen molar-refractivity contribution in [1.82, 2.24) is 5.32 Å². The van der Waals surface area contributed by atoms with Gasteiger partial charge in [-0.25, -0.2) is 8.78 Å². The average molecular weight is 274 g/mol. The first-order chi connectivity index (χ1) is 8.61. The number of nitro groups is 1. The zero-order valence-electron chi connectivity index (χ0n) is 10.2. The second-order valence-corrected chi connectivity index (χ2v) is 4.54. The molecule has 104 valence electrons. The molecule has 6 nitrogen and oxygen atoms in total. The summed E-state index contributed by atoms with van der Waals surface area (Å²) >= 11 is 0. The Hall–Kier alpha value is -2.09. The Morgan fingerprint density at radius 3 is 2.42 bits per heavy atom. The molecule has 8 heteroatoms. The highest BCUT2D eigenvalue weighted by Gasteiger charge is 2.25. The number of amides is 1. The minimum absolute atomic E-state index is 0.192. The molecule has 1 rings (SSSR count). The summed E-state index contributed by atoms with van der Waals surface area (Å²) in [6.45, 7) is 2.63. The summed E-state index contributed by atoms with van der Waals surface area (Å²) in [5.41, 5.74) is -2.68. The van der Waals surface area contributed by atoms with Crippen LogP contribution >= 0.6 is 0 Å². The maximum absolute atomic E-state index is 13.0. The van der Waals surface area contributed by atoms with Gasteiger partial charge in [-0.05, 0) is 19.9 Å². The highest BCUT2D eigenvalue weighted by molar-refractivity contribution is 5.98. The molecule has 0 aromatic heterocycles. The fraction of sp³-hybridized carbons (Fsp3) is 0.364. The summed E-state index contributed by atoms with van der Waals surface area (Å²) in [5.74, 6) is -3.74. The van der Waals surface area contributed by atoms with Gasteiger partial charge in [-0.3, -0.25) is 14.9 Å². The lowest BCUT2D eigenvalue weighted by atomic mass is 10.1. The Morgan fingerprint density at radius 1 is 1.42 bits per heavy atom. The quantitative estimate of drug-likeness (QED) is 0.640. The number of hydrogen-bond donors (Lipinski definition) is 2. The zero-order valence-corrected chi connectivity index (χ0v) is 10.2. The first-order valence-electron chi connectivity index (χ1n) is 5.26. The number of carbonyl (C=O) groups is 1. The summed E-state index contributed by atoms with van der Waals surface area (Å²) in [6.07, 6.45) is 0. The molecule has 0 aliphatic rings. The van der Waals surface area contributed by atoms with Crippen molar-refractivity contribution in [3.05, 3.63) is 39.4 Å². The summed E-state index contributed by atoms with van der Waals surface area (Å²) in [7, 11) is 0. The van der Waals surface area contributed by atoms with E-state index in [0.717, 1.165) is 0 Å². The van der Waals surface area contributed by atoms with Gasteiger partial charge in [0.2, 0.25) is 0 Å². The van der Waals surface area contributed by atoms with Crippen LogP contribution in [-0.4, -0.2) is 28.1 Å². The van der Waals surface area contributed by atoms with Crippen molar-refractivity contribution in [2.24, 2.45) is 0 Å². The smallest absolute Gasteiger partial charge is 0.285 e. The van der Waals surface area contributed by atoms with Crippen LogP contribution in [0.5, 0.6) is 0 Å². The van der Waals surface area contributed by atoms with E-state index in [0.29, 0.717) is 12.1 Å². The first kappa shape index (κ1) is 15.0. The fourth-order valence-electron chi connectivity index (χ4n) is 1.26. The van der Waals surface area contributed by atoms with Gasteiger partial charge in [0.15, 0.2) is 11.6 Å². The highest BCUT2D eigenvalue weighted by atomic mass is 19.2. The second-order valence-electron chi connectivity index (χ2n) is 4.54. The number of nitro benzene ring substituents is 1. The Kier molecular flexibility index (Phi) is 4.15. The molecule has 1 aromatic rings. The van der Waals surface area contributed by atoms with Crippen LogP contribution in [0.4, 0.5) is 14.5 Å². The Balaban J connectivity index is 3.08. The van der Waals surface area contributed by atoms with Gasteiger partial charge in [-0.1, -0.05) is 0 Å². The molecule has 0 bridgehead atoms. The molecule has 1 aromatic carbocycles. The summed E-state index contributed by atoms with van der Waals surface area (Å²) in [5, 5.41) is 22.3. The van der Waals surface area contributed by atoms with Gasteiger partial charge in [0.05, 0.1) is 16.6 Å². The molecule has 0 fully saturated rings. The van der Waals surface area contributed by atoms with Crippen LogP contribution < -0.4 is 5.32 Å². The monoisotopic (exact) mass is 274 g/mol. The second kappa shape index (κ2) is 5.27. The minimum atomic E-state index is -1.41. The number of benzene rings is 1. The molecule has 0 heterocycles. The molecule has 0 spiro atoms. The van der Waals surface area contributed by atoms with Crippen molar-refractivity contribution in [3.63, 3.8) is 0 Å². The van der Waals surface area contributed by atoms with Gasteiger partial charge in [-0.2, -0.15) is 0 Å². The average Bonchev–Trinajstić information content (AvgIpc) is 2.27. The predicted molar refractivity (Wildman–Crippen MR) is 61.6 cm³/mol. The maximum atomic E-state index is 13.0. The van der Waals surface area contributed by atoms with E-state index in [2.05, 4.69) is 5.32 Å². The van der Waals surface area contributed by atoms with Gasteiger partial charge >= 0.3 is 0 Å². The number of hydrogen-bond acceptors (Lipinski definition) is 4. The van der Waals surface area contributed by atoms with Crippen LogP contribution in [0.3, 0.4) is 0 Å². The molecule has 0 unspecified atom stereocenters. The van der Waals surface area contributed by atoms with E-state index in [-0.39, 0.29) is 6.54 Å². The summed E-state index contributed by atoms with van der Waals surface area (Å²) in [4.78, 5) is 21.4. The topological polar surface area (TPSA) is 92.5 Å². The van der Waals surface area contributed by atoms with Gasteiger partial charge in [0, 0.05) is 6.54 Å². The molecule has 19 heavy (non-hydrogen) atoms. The molecule has 2 N–H and O–H groups in total. The first-order valence-corrected chi connectivity index (χ1v) is 5.26. The van der Waals surface area contributed by atoms with Gasteiger partial charge in [0.25, 0.3) is 11.6 Å². The Labute approximate surface area is 107 Å². The Morgan fingerprint density at radius 2 is 1.95 bits per heavy atom. The van der Waals surface area contributed by atoms with Crippen molar-refractivity contribution in [2.75, 3.05) is 6.54 Å². The third kappa shape index (κ3) is 3.95. The molecule has 0 saturated carbocycles. The largest absolute Gasteiger partial charge is 0.389 e. The minimum Gasteiger partial charge on any atom is -0.389 e. The molecule has 0 aliphatic carbocycles. The Bertz CT molecular complexity index is 526. The number of rotatable bonds is 4. The van der Waals surface area contributed by atoms with Gasteiger partial charge in [-0.15, -0.1) is 0 Å². The van der Waals surface area contributed by atoms with Gasteiger partial charge in [0.1, 0.15) is 5.56 Å². The molecular formula is C11H12F2N2O4. The third-order valence-corrected chi connectivity index (χ3v) is 2.16. The summed E-state index contributed by atoms with van der Waals surface area (Å²) in [6, 6.07) is 0.793. The number of nitrogens with zero attached hydrogens (tertiary/aromatic N) is 1. The lowest BCUT2D eigenvalue weighted by Crippen LogP contribution is -2.38. The SMILES string of the molecule is CC(C)(O)CNC(=O)c1cc(F)c(F)cc1[N+](=O)[O-]. The number of halogens is 2. The van der Waals surface area contributed by atoms with Crippen molar-refractivity contribution >= 4 is 11.6 Å². The van der Waals surface area contributed by atoms with E-state index >= 15 is 0 Å². The van der Waals surface area contributed by atoms with E-state index in [4.69, 9.17) is 0 Å². The van der Waals surface area contributed by atoms with Crippen LogP contribution in [0.25, 0.3) is 0 Å². The van der Waals surface area contributed by atoms with E-state index < -0.39 is 39.3 Å². The summed E-state index contributed by atoms with van der Waals surface area (Å²) < 4.78 is 25.9. The fourth-order valence-corrected chi connectivity index (χ4v) is 1.26. The molecule has 0 atom stereocenters. The lowest BCUT2D eigenvalue weighted by Gasteiger charge is -2.17.